The van der Waals surface area contributed by atoms with Crippen LogP contribution in [0.25, 0.3) is 11.5 Å². The Balaban J connectivity index is 1.39. The third-order valence-corrected chi connectivity index (χ3v) is 5.87. The summed E-state index contributed by atoms with van der Waals surface area (Å²) >= 11 is 0. The Morgan fingerprint density at radius 2 is 1.67 bits per heavy atom. The van der Waals surface area contributed by atoms with Gasteiger partial charge in [0.05, 0.1) is 16.9 Å². The Kier molecular flexibility index (Phi) is 6.65. The molecule has 3 N–H and O–H groups in total. The van der Waals surface area contributed by atoms with Crippen LogP contribution in [0.2, 0.25) is 0 Å². The number of hydrogen-bond acceptors (Lipinski definition) is 9. The number of pyridine rings is 1. The van der Waals surface area contributed by atoms with Crippen LogP contribution in [0.3, 0.4) is 0 Å². The molecule has 1 aliphatic heterocycles. The van der Waals surface area contributed by atoms with E-state index in [2.05, 4.69) is 40.5 Å². The van der Waals surface area contributed by atoms with E-state index in [0.717, 1.165) is 37.3 Å². The molecule has 10 heteroatoms. The first-order valence-electron chi connectivity index (χ1n) is 11.8. The van der Waals surface area contributed by atoms with Crippen LogP contribution >= 0.6 is 0 Å². The van der Waals surface area contributed by atoms with Crippen molar-refractivity contribution in [2.75, 3.05) is 28.6 Å². The Bertz CT molecular complexity index is 1390. The van der Waals surface area contributed by atoms with E-state index >= 15 is 0 Å². The van der Waals surface area contributed by atoms with Crippen molar-refractivity contribution in [2.24, 2.45) is 0 Å². The number of carbonyl (C=O) groups is 1. The number of carboxylic acids is 1. The predicted molar refractivity (Wildman–Crippen MR) is 138 cm³/mol. The van der Waals surface area contributed by atoms with Crippen LogP contribution in [0.5, 0.6) is 0 Å². The summed E-state index contributed by atoms with van der Waals surface area (Å²) in [5.74, 6) is 0.962. The highest BCUT2D eigenvalue weighted by Crippen LogP contribution is 2.31. The minimum atomic E-state index is -0.984. The molecule has 0 amide bonds. The summed E-state index contributed by atoms with van der Waals surface area (Å²) in [6.45, 7) is 3.77. The van der Waals surface area contributed by atoms with Gasteiger partial charge in [0, 0.05) is 31.2 Å². The molecular formula is C26H26N8O2. The third kappa shape index (κ3) is 5.38. The number of nitrogens with zero attached hydrogens (tertiary/aromatic N) is 6. The molecule has 0 bridgehead atoms. The summed E-state index contributed by atoms with van der Waals surface area (Å²) in [4.78, 5) is 36.1. The number of rotatable bonds is 7. The monoisotopic (exact) mass is 482 g/mol. The number of nitrogens with one attached hydrogen (secondary N) is 2. The van der Waals surface area contributed by atoms with E-state index in [1.807, 2.05) is 31.2 Å². The van der Waals surface area contributed by atoms with Crippen LogP contribution in [0.1, 0.15) is 35.3 Å². The standard InChI is InChI=1S/C26H26N8O2/c1-17-6-5-7-19(29-17)24-27-12-10-22(32-24)31-23-11-13-28-26(33-23)30-20-16-18(25(35)36)8-9-21(20)34-14-3-2-4-15-34/h5-13,16H,2-4,14-15H2,1H3,(H,35,36)(H2,27,28,30,31,32,33). The highest BCUT2D eigenvalue weighted by molar-refractivity contribution is 5.91. The van der Waals surface area contributed by atoms with Gasteiger partial charge in [-0.15, -0.1) is 0 Å². The number of piperidine rings is 1. The first-order valence-corrected chi connectivity index (χ1v) is 11.8. The van der Waals surface area contributed by atoms with Crippen LogP contribution < -0.4 is 15.5 Å². The van der Waals surface area contributed by atoms with Gasteiger partial charge in [0.15, 0.2) is 5.82 Å². The zero-order valence-electron chi connectivity index (χ0n) is 19.8. The third-order valence-electron chi connectivity index (χ3n) is 5.87. The number of aromatic carboxylic acids is 1. The maximum atomic E-state index is 11.6. The van der Waals surface area contributed by atoms with E-state index in [9.17, 15) is 9.90 Å². The van der Waals surface area contributed by atoms with E-state index in [4.69, 9.17) is 0 Å². The number of hydrogen-bond donors (Lipinski definition) is 3. The van der Waals surface area contributed by atoms with Gasteiger partial charge in [-0.1, -0.05) is 6.07 Å². The van der Waals surface area contributed by atoms with E-state index in [-0.39, 0.29) is 5.56 Å². The molecule has 1 saturated heterocycles. The Morgan fingerprint density at radius 3 is 2.44 bits per heavy atom. The van der Waals surface area contributed by atoms with Crippen LogP contribution in [0.4, 0.5) is 29.0 Å². The lowest BCUT2D eigenvalue weighted by Gasteiger charge is -2.30. The summed E-state index contributed by atoms with van der Waals surface area (Å²) in [7, 11) is 0. The molecule has 0 atom stereocenters. The molecule has 4 heterocycles. The van der Waals surface area contributed by atoms with Crippen LogP contribution in [0, 0.1) is 6.92 Å². The van der Waals surface area contributed by atoms with Gasteiger partial charge in [-0.3, -0.25) is 0 Å². The molecule has 0 radical (unpaired) electrons. The minimum absolute atomic E-state index is 0.200. The summed E-state index contributed by atoms with van der Waals surface area (Å²) in [5.41, 5.74) is 3.37. The van der Waals surface area contributed by atoms with Gasteiger partial charge in [-0.05, 0) is 68.7 Å². The first-order chi connectivity index (χ1) is 17.5. The highest BCUT2D eigenvalue weighted by atomic mass is 16.4. The molecule has 3 aromatic heterocycles. The van der Waals surface area contributed by atoms with Gasteiger partial charge in [0.25, 0.3) is 0 Å². The van der Waals surface area contributed by atoms with Crippen molar-refractivity contribution in [1.82, 2.24) is 24.9 Å². The second kappa shape index (κ2) is 10.3. The molecule has 10 nitrogen and oxygen atoms in total. The van der Waals surface area contributed by atoms with Crippen LogP contribution in [-0.4, -0.2) is 49.1 Å². The molecule has 0 saturated carbocycles. The highest BCUT2D eigenvalue weighted by Gasteiger charge is 2.17. The average molecular weight is 483 g/mol. The summed E-state index contributed by atoms with van der Waals surface area (Å²) in [5, 5.41) is 15.9. The fourth-order valence-electron chi connectivity index (χ4n) is 4.14. The largest absolute Gasteiger partial charge is 0.478 e. The van der Waals surface area contributed by atoms with Crippen molar-refractivity contribution < 1.29 is 9.90 Å². The molecule has 4 aromatic rings. The Labute approximate surface area is 208 Å². The quantitative estimate of drug-likeness (QED) is 0.337. The molecule has 0 spiro atoms. The fourth-order valence-corrected chi connectivity index (χ4v) is 4.14. The zero-order valence-corrected chi connectivity index (χ0v) is 19.8. The maximum Gasteiger partial charge on any atom is 0.335 e. The van der Waals surface area contributed by atoms with E-state index < -0.39 is 5.97 Å². The predicted octanol–water partition coefficient (Wildman–Crippen LogP) is 4.81. The molecule has 0 aliphatic carbocycles. The number of anilines is 5. The average Bonchev–Trinajstić information content (AvgIpc) is 2.89. The minimum Gasteiger partial charge on any atom is -0.478 e. The smallest absolute Gasteiger partial charge is 0.335 e. The lowest BCUT2D eigenvalue weighted by atomic mass is 10.1. The van der Waals surface area contributed by atoms with Crippen molar-refractivity contribution >= 4 is 34.9 Å². The van der Waals surface area contributed by atoms with Crippen molar-refractivity contribution in [3.63, 3.8) is 0 Å². The van der Waals surface area contributed by atoms with E-state index in [0.29, 0.717) is 34.8 Å². The lowest BCUT2D eigenvalue weighted by Crippen LogP contribution is -2.30. The topological polar surface area (TPSA) is 129 Å². The summed E-state index contributed by atoms with van der Waals surface area (Å²) in [6.07, 6.45) is 6.71. The molecule has 1 aliphatic rings. The van der Waals surface area contributed by atoms with Gasteiger partial charge in [-0.25, -0.2) is 24.7 Å². The van der Waals surface area contributed by atoms with Crippen molar-refractivity contribution in [1.29, 1.82) is 0 Å². The first kappa shape index (κ1) is 23.2. The van der Waals surface area contributed by atoms with Gasteiger partial charge >= 0.3 is 5.97 Å². The molecule has 182 valence electrons. The Hall–Kier alpha value is -4.60. The maximum absolute atomic E-state index is 11.6. The number of aromatic nitrogens is 5. The van der Waals surface area contributed by atoms with Crippen molar-refractivity contribution in [3.8, 4) is 11.5 Å². The number of carboxylic acid groups (broad SMARTS) is 1. The molecule has 36 heavy (non-hydrogen) atoms. The number of benzene rings is 1. The second-order valence-electron chi connectivity index (χ2n) is 8.53. The molecule has 5 rings (SSSR count). The second-order valence-corrected chi connectivity index (χ2v) is 8.53. The van der Waals surface area contributed by atoms with Gasteiger partial charge in [-0.2, -0.15) is 4.98 Å². The molecule has 1 aromatic carbocycles. The normalized spacial score (nSPS) is 13.3. The van der Waals surface area contributed by atoms with Gasteiger partial charge in [0.1, 0.15) is 17.3 Å². The van der Waals surface area contributed by atoms with E-state index in [1.165, 1.54) is 6.42 Å². The lowest BCUT2D eigenvalue weighted by molar-refractivity contribution is 0.0697. The van der Waals surface area contributed by atoms with Crippen molar-refractivity contribution in [3.05, 3.63) is 72.2 Å². The zero-order chi connectivity index (χ0) is 24.9. The number of aryl methyl sites for hydroxylation is 1. The molecule has 1 fully saturated rings. The SMILES string of the molecule is Cc1cccc(-c2nccc(Nc3ccnc(Nc4cc(C(=O)O)ccc4N4CCCCC4)n3)n2)n1. The van der Waals surface area contributed by atoms with Gasteiger partial charge in [0.2, 0.25) is 5.95 Å². The summed E-state index contributed by atoms with van der Waals surface area (Å²) < 4.78 is 0. The van der Waals surface area contributed by atoms with E-state index in [1.54, 1.807) is 36.7 Å². The Morgan fingerprint density at radius 1 is 0.889 bits per heavy atom. The van der Waals surface area contributed by atoms with Crippen LogP contribution in [-0.2, 0) is 0 Å². The van der Waals surface area contributed by atoms with Gasteiger partial charge < -0.3 is 20.6 Å². The molecular weight excluding hydrogens is 456 g/mol. The van der Waals surface area contributed by atoms with Crippen molar-refractivity contribution in [2.45, 2.75) is 26.2 Å². The summed E-state index contributed by atoms with van der Waals surface area (Å²) in [6, 6.07) is 14.3. The van der Waals surface area contributed by atoms with Crippen LogP contribution in [0.15, 0.2) is 60.9 Å². The fraction of sp³-hybridized carbons (Fsp3) is 0.231. The molecule has 0 unspecified atom stereocenters.